The number of nitrogens with one attached hydrogen (secondary N) is 3. The summed E-state index contributed by atoms with van der Waals surface area (Å²) in [5.74, 6) is -0.370. The monoisotopic (exact) mass is 445 g/mol. The second kappa shape index (κ2) is 10.7. The predicted molar refractivity (Wildman–Crippen MR) is 123 cm³/mol. The zero-order valence-electron chi connectivity index (χ0n) is 18.4. The highest BCUT2D eigenvalue weighted by Crippen LogP contribution is 2.20. The van der Waals surface area contributed by atoms with Gasteiger partial charge in [0.2, 0.25) is 5.91 Å². The molecular formula is C22H31N5O3S. The molecule has 1 aliphatic heterocycles. The van der Waals surface area contributed by atoms with E-state index < -0.39 is 12.1 Å². The minimum absolute atomic E-state index is 0.0859. The zero-order valence-corrected chi connectivity index (χ0v) is 19.2. The van der Waals surface area contributed by atoms with Gasteiger partial charge in [-0.1, -0.05) is 32.0 Å². The third kappa shape index (κ3) is 7.02. The van der Waals surface area contributed by atoms with Crippen molar-refractivity contribution in [2.45, 2.75) is 52.5 Å². The van der Waals surface area contributed by atoms with Gasteiger partial charge in [-0.15, -0.1) is 11.3 Å². The molecule has 0 spiro atoms. The molecule has 0 aliphatic carbocycles. The summed E-state index contributed by atoms with van der Waals surface area (Å²) in [4.78, 5) is 32.0. The highest BCUT2D eigenvalue weighted by Gasteiger charge is 2.26. The van der Waals surface area contributed by atoms with Crippen LogP contribution in [-0.2, 0) is 16.1 Å². The second-order valence-electron chi connectivity index (χ2n) is 8.27. The van der Waals surface area contributed by atoms with E-state index in [0.29, 0.717) is 10.8 Å². The number of hydrogen-bond donors (Lipinski definition) is 3. The van der Waals surface area contributed by atoms with Crippen LogP contribution in [0.25, 0.3) is 0 Å². The molecule has 0 radical (unpaired) electrons. The number of morpholine rings is 1. The molecule has 31 heavy (non-hydrogen) atoms. The maximum Gasteiger partial charge on any atom is 0.319 e. The molecule has 3 N–H and O–H groups in total. The van der Waals surface area contributed by atoms with Crippen LogP contribution in [0, 0.1) is 5.92 Å². The van der Waals surface area contributed by atoms with Crippen LogP contribution in [0.4, 0.5) is 15.6 Å². The van der Waals surface area contributed by atoms with Crippen LogP contribution in [0.5, 0.6) is 0 Å². The summed E-state index contributed by atoms with van der Waals surface area (Å²) in [6, 6.07) is 8.01. The van der Waals surface area contributed by atoms with Crippen LogP contribution in [0.2, 0.25) is 0 Å². The Hall–Kier alpha value is -2.49. The molecule has 1 fully saturated rings. The van der Waals surface area contributed by atoms with E-state index in [1.165, 1.54) is 11.3 Å². The van der Waals surface area contributed by atoms with Crippen molar-refractivity contribution in [2.24, 2.45) is 5.92 Å². The van der Waals surface area contributed by atoms with Crippen molar-refractivity contribution in [3.8, 4) is 0 Å². The molecule has 2 heterocycles. The fourth-order valence-corrected chi connectivity index (χ4v) is 4.33. The highest BCUT2D eigenvalue weighted by atomic mass is 32.1. The fourth-order valence-electron chi connectivity index (χ4n) is 3.63. The van der Waals surface area contributed by atoms with Gasteiger partial charge >= 0.3 is 6.03 Å². The molecule has 3 rings (SSSR count). The van der Waals surface area contributed by atoms with E-state index in [1.807, 2.05) is 37.4 Å². The van der Waals surface area contributed by atoms with Gasteiger partial charge in [-0.05, 0) is 31.9 Å². The van der Waals surface area contributed by atoms with Gasteiger partial charge in [-0.2, -0.15) is 0 Å². The van der Waals surface area contributed by atoms with Crippen LogP contribution < -0.4 is 16.0 Å². The summed E-state index contributed by atoms with van der Waals surface area (Å²) in [6.07, 6.45) is 0.392. The molecule has 1 aromatic carbocycles. The fraction of sp³-hybridized carbons (Fsp3) is 0.500. The molecule has 1 aliphatic rings. The Kier molecular flexibility index (Phi) is 8.00. The average molecular weight is 446 g/mol. The Morgan fingerprint density at radius 2 is 1.84 bits per heavy atom. The first-order valence-electron chi connectivity index (χ1n) is 10.6. The zero-order chi connectivity index (χ0) is 22.4. The van der Waals surface area contributed by atoms with Crippen LogP contribution >= 0.6 is 11.3 Å². The lowest BCUT2D eigenvalue weighted by molar-refractivity contribution is -0.118. The number of urea groups is 1. The Labute approximate surface area is 187 Å². The molecule has 3 atom stereocenters. The van der Waals surface area contributed by atoms with Crippen LogP contribution in [0.3, 0.4) is 0 Å². The summed E-state index contributed by atoms with van der Waals surface area (Å²) in [5, 5.41) is 10.8. The Morgan fingerprint density at radius 1 is 1.16 bits per heavy atom. The maximum atomic E-state index is 12.8. The maximum absolute atomic E-state index is 12.8. The number of nitrogens with zero attached hydrogens (tertiary/aromatic N) is 2. The normalized spacial score (nSPS) is 20.3. The topological polar surface area (TPSA) is 95.6 Å². The molecular weight excluding hydrogens is 414 g/mol. The average Bonchev–Trinajstić information content (AvgIpc) is 3.12. The van der Waals surface area contributed by atoms with Crippen molar-refractivity contribution in [1.82, 2.24) is 15.2 Å². The lowest BCUT2D eigenvalue weighted by Crippen LogP contribution is -2.48. The molecule has 0 bridgehead atoms. The molecule has 3 unspecified atom stereocenters. The number of carbonyl (C=O) groups is 2. The van der Waals surface area contributed by atoms with Crippen LogP contribution in [-0.4, -0.2) is 53.2 Å². The largest absolute Gasteiger partial charge is 0.373 e. The molecule has 1 saturated heterocycles. The quantitative estimate of drug-likeness (QED) is 0.606. The first-order valence-corrected chi connectivity index (χ1v) is 11.4. The first kappa shape index (κ1) is 23.2. The van der Waals surface area contributed by atoms with E-state index >= 15 is 0 Å². The number of hydrogen-bond acceptors (Lipinski definition) is 6. The minimum Gasteiger partial charge on any atom is -0.373 e. The predicted octanol–water partition coefficient (Wildman–Crippen LogP) is 3.54. The molecule has 9 heteroatoms. The van der Waals surface area contributed by atoms with E-state index in [0.717, 1.165) is 25.3 Å². The number of benzene rings is 1. The molecule has 1 aromatic heterocycles. The number of ether oxygens (including phenoxy) is 1. The number of rotatable bonds is 7. The summed E-state index contributed by atoms with van der Waals surface area (Å²) in [7, 11) is 0. The first-order chi connectivity index (χ1) is 14.8. The number of thiazole rings is 1. The third-order valence-corrected chi connectivity index (χ3v) is 5.74. The summed E-state index contributed by atoms with van der Waals surface area (Å²) in [6.45, 7) is 10.4. The number of aromatic nitrogens is 1. The lowest BCUT2D eigenvalue weighted by atomic mass is 10.0. The number of amides is 3. The van der Waals surface area contributed by atoms with E-state index in [4.69, 9.17) is 4.74 Å². The Bertz CT molecular complexity index is 863. The molecule has 3 amide bonds. The van der Waals surface area contributed by atoms with Crippen molar-refractivity contribution in [3.05, 3.63) is 41.4 Å². The smallest absolute Gasteiger partial charge is 0.319 e. The van der Waals surface area contributed by atoms with Gasteiger partial charge in [0, 0.05) is 30.7 Å². The van der Waals surface area contributed by atoms with E-state index in [2.05, 4.69) is 39.7 Å². The van der Waals surface area contributed by atoms with Gasteiger partial charge in [0.05, 0.1) is 17.9 Å². The van der Waals surface area contributed by atoms with Gasteiger partial charge in [0.15, 0.2) is 5.13 Å². The van der Waals surface area contributed by atoms with Gasteiger partial charge in [0.25, 0.3) is 0 Å². The summed E-state index contributed by atoms with van der Waals surface area (Å²) < 4.78 is 5.77. The van der Waals surface area contributed by atoms with Crippen LogP contribution in [0.15, 0.2) is 35.7 Å². The number of carbonyl (C=O) groups excluding carboxylic acids is 2. The van der Waals surface area contributed by atoms with Crippen molar-refractivity contribution < 1.29 is 14.3 Å². The molecule has 8 nitrogen and oxygen atoms in total. The minimum atomic E-state index is -0.683. The standard InChI is InChI=1S/C22H31N5O3S/c1-14(2)19(25-21(29)23-17-8-6-5-7-9-17)20(28)26-22-24-18(13-31-22)12-27-10-15(3)30-16(4)11-27/h5-9,13-16,19H,10-12H2,1-4H3,(H2,23,25,29)(H,24,26,28). The van der Waals surface area contributed by atoms with Crippen molar-refractivity contribution in [3.63, 3.8) is 0 Å². The van der Waals surface area contributed by atoms with Crippen molar-refractivity contribution in [2.75, 3.05) is 23.7 Å². The highest BCUT2D eigenvalue weighted by molar-refractivity contribution is 7.13. The number of para-hydroxylation sites is 1. The number of anilines is 2. The van der Waals surface area contributed by atoms with E-state index in [9.17, 15) is 9.59 Å². The lowest BCUT2D eigenvalue weighted by Gasteiger charge is -2.34. The van der Waals surface area contributed by atoms with Crippen LogP contribution in [0.1, 0.15) is 33.4 Å². The van der Waals surface area contributed by atoms with Crippen molar-refractivity contribution in [1.29, 1.82) is 0 Å². The molecule has 2 aromatic rings. The summed E-state index contributed by atoms with van der Waals surface area (Å²) in [5.41, 5.74) is 1.58. The third-order valence-electron chi connectivity index (χ3n) is 4.93. The second-order valence-corrected chi connectivity index (χ2v) is 9.13. The van der Waals surface area contributed by atoms with Gasteiger partial charge in [-0.25, -0.2) is 9.78 Å². The van der Waals surface area contributed by atoms with Gasteiger partial charge in [0.1, 0.15) is 6.04 Å². The SMILES string of the molecule is CC1CN(Cc2csc(NC(=O)C(NC(=O)Nc3ccccc3)C(C)C)n2)CC(C)O1. The molecule has 0 saturated carbocycles. The van der Waals surface area contributed by atoms with Crippen molar-refractivity contribution >= 4 is 34.1 Å². The Balaban J connectivity index is 1.55. The Morgan fingerprint density at radius 3 is 2.48 bits per heavy atom. The van der Waals surface area contributed by atoms with Gasteiger partial charge in [-0.3, -0.25) is 9.69 Å². The molecule has 168 valence electrons. The van der Waals surface area contributed by atoms with E-state index in [-0.39, 0.29) is 24.0 Å². The summed E-state index contributed by atoms with van der Waals surface area (Å²) >= 11 is 1.39. The van der Waals surface area contributed by atoms with E-state index in [1.54, 1.807) is 12.1 Å². The van der Waals surface area contributed by atoms with Gasteiger partial charge < -0.3 is 20.7 Å².